The number of halogens is 2. The molecule has 2 aromatic carbocycles. The smallest absolute Gasteiger partial charge is 0.277 e. The van der Waals surface area contributed by atoms with Crippen molar-refractivity contribution in [1.82, 2.24) is 4.90 Å². The zero-order valence-corrected chi connectivity index (χ0v) is 15.2. The van der Waals surface area contributed by atoms with Gasteiger partial charge in [-0.3, -0.25) is 19.3 Å². The lowest BCUT2D eigenvalue weighted by Crippen LogP contribution is -2.34. The SMILES string of the molecule is O=C(Nc1cccc(F)c1)c1cc(Cl)ccc1NC1=CC(=O)N(CCO)C1=O. The van der Waals surface area contributed by atoms with E-state index in [0.29, 0.717) is 0 Å². The lowest BCUT2D eigenvalue weighted by atomic mass is 10.1. The predicted octanol–water partition coefficient (Wildman–Crippen LogP) is 2.39. The molecule has 144 valence electrons. The van der Waals surface area contributed by atoms with Crippen LogP contribution in [0.5, 0.6) is 0 Å². The van der Waals surface area contributed by atoms with Crippen molar-refractivity contribution in [3.05, 3.63) is 70.6 Å². The number of nitrogens with one attached hydrogen (secondary N) is 2. The van der Waals surface area contributed by atoms with Gasteiger partial charge >= 0.3 is 0 Å². The van der Waals surface area contributed by atoms with Gasteiger partial charge in [0.2, 0.25) is 0 Å². The molecule has 7 nitrogen and oxygen atoms in total. The standard InChI is InChI=1S/C19H15ClFN3O4/c20-11-4-5-15(23-16-10-17(26)24(6-7-25)19(16)28)14(8-11)18(27)22-13-3-1-2-12(21)9-13/h1-5,8-10,23,25H,6-7H2,(H,22,27). The third-order valence-corrected chi connectivity index (χ3v) is 4.15. The van der Waals surface area contributed by atoms with Crippen molar-refractivity contribution in [1.29, 1.82) is 0 Å². The summed E-state index contributed by atoms with van der Waals surface area (Å²) in [6.45, 7) is -0.492. The maximum absolute atomic E-state index is 13.3. The van der Waals surface area contributed by atoms with E-state index in [0.717, 1.165) is 17.0 Å². The zero-order valence-electron chi connectivity index (χ0n) is 14.4. The van der Waals surface area contributed by atoms with Gasteiger partial charge in [0.15, 0.2) is 0 Å². The highest BCUT2D eigenvalue weighted by molar-refractivity contribution is 6.31. The molecule has 0 radical (unpaired) electrons. The molecule has 0 aliphatic carbocycles. The predicted molar refractivity (Wildman–Crippen MR) is 101 cm³/mol. The molecule has 3 rings (SSSR count). The van der Waals surface area contributed by atoms with Gasteiger partial charge < -0.3 is 15.7 Å². The third kappa shape index (κ3) is 4.19. The molecule has 0 saturated carbocycles. The third-order valence-electron chi connectivity index (χ3n) is 3.91. The maximum atomic E-state index is 13.3. The average Bonchev–Trinajstić information content (AvgIpc) is 2.91. The van der Waals surface area contributed by atoms with E-state index in [1.807, 2.05) is 0 Å². The lowest BCUT2D eigenvalue weighted by Gasteiger charge is -2.15. The quantitative estimate of drug-likeness (QED) is 0.643. The first-order valence-electron chi connectivity index (χ1n) is 8.21. The van der Waals surface area contributed by atoms with E-state index >= 15 is 0 Å². The number of aliphatic hydroxyl groups is 1. The molecular weight excluding hydrogens is 389 g/mol. The first-order chi connectivity index (χ1) is 13.4. The Hall–Kier alpha value is -3.23. The molecular formula is C19H15ClFN3O4. The fourth-order valence-corrected chi connectivity index (χ4v) is 2.81. The number of aliphatic hydroxyl groups excluding tert-OH is 1. The van der Waals surface area contributed by atoms with Crippen LogP contribution in [-0.4, -0.2) is 40.9 Å². The molecule has 2 aromatic rings. The Labute approximate surface area is 164 Å². The Kier molecular flexibility index (Phi) is 5.72. The molecule has 3 amide bonds. The van der Waals surface area contributed by atoms with Crippen LogP contribution >= 0.6 is 11.6 Å². The number of amides is 3. The van der Waals surface area contributed by atoms with E-state index in [1.54, 1.807) is 0 Å². The van der Waals surface area contributed by atoms with Crippen LogP contribution in [0.3, 0.4) is 0 Å². The fraction of sp³-hybridized carbons (Fsp3) is 0.105. The summed E-state index contributed by atoms with van der Waals surface area (Å²) in [5.74, 6) is -2.28. The van der Waals surface area contributed by atoms with Crippen LogP contribution in [0.2, 0.25) is 5.02 Å². The van der Waals surface area contributed by atoms with Gasteiger partial charge in [-0.2, -0.15) is 0 Å². The number of hydrogen-bond donors (Lipinski definition) is 3. The minimum absolute atomic E-state index is 0.0411. The monoisotopic (exact) mass is 403 g/mol. The molecule has 1 aliphatic rings. The first kappa shape index (κ1) is 19.5. The normalized spacial score (nSPS) is 13.5. The van der Waals surface area contributed by atoms with E-state index in [-0.39, 0.29) is 40.8 Å². The number of carbonyl (C=O) groups is 3. The van der Waals surface area contributed by atoms with Crippen molar-refractivity contribution in [2.24, 2.45) is 0 Å². The van der Waals surface area contributed by atoms with E-state index in [1.165, 1.54) is 36.4 Å². The van der Waals surface area contributed by atoms with Crippen molar-refractivity contribution in [3.63, 3.8) is 0 Å². The summed E-state index contributed by atoms with van der Waals surface area (Å²) in [7, 11) is 0. The Bertz CT molecular complexity index is 993. The number of hydrogen-bond acceptors (Lipinski definition) is 5. The van der Waals surface area contributed by atoms with Crippen LogP contribution in [0.15, 0.2) is 54.2 Å². The van der Waals surface area contributed by atoms with Crippen LogP contribution in [-0.2, 0) is 9.59 Å². The van der Waals surface area contributed by atoms with Gasteiger partial charge in [-0.1, -0.05) is 17.7 Å². The Morgan fingerprint density at radius 1 is 1.18 bits per heavy atom. The molecule has 3 N–H and O–H groups in total. The number of β-amino-alcohol motifs (C(OH)–C–C–N with tert-alkyl or cyclic N) is 1. The molecule has 1 heterocycles. The van der Waals surface area contributed by atoms with Crippen LogP contribution in [0, 0.1) is 5.82 Å². The molecule has 0 fully saturated rings. The Morgan fingerprint density at radius 3 is 2.68 bits per heavy atom. The van der Waals surface area contributed by atoms with Crippen molar-refractivity contribution in [2.75, 3.05) is 23.8 Å². The van der Waals surface area contributed by atoms with E-state index in [4.69, 9.17) is 16.7 Å². The van der Waals surface area contributed by atoms with Gasteiger partial charge in [0.1, 0.15) is 11.5 Å². The molecule has 1 aliphatic heterocycles. The number of imide groups is 1. The van der Waals surface area contributed by atoms with Crippen molar-refractivity contribution < 1.29 is 23.9 Å². The van der Waals surface area contributed by atoms with Crippen molar-refractivity contribution >= 4 is 40.7 Å². The summed E-state index contributed by atoms with van der Waals surface area (Å²) >= 11 is 5.98. The first-order valence-corrected chi connectivity index (χ1v) is 8.58. The van der Waals surface area contributed by atoms with Gasteiger partial charge in [0.05, 0.1) is 24.4 Å². The van der Waals surface area contributed by atoms with Gasteiger partial charge in [0, 0.05) is 16.8 Å². The molecule has 0 spiro atoms. The van der Waals surface area contributed by atoms with Gasteiger partial charge in [-0.05, 0) is 36.4 Å². The second-order valence-electron chi connectivity index (χ2n) is 5.86. The number of benzene rings is 2. The number of rotatable bonds is 6. The molecule has 0 bridgehead atoms. The molecule has 0 saturated heterocycles. The molecule has 28 heavy (non-hydrogen) atoms. The number of nitrogens with zero attached hydrogens (tertiary/aromatic N) is 1. The topological polar surface area (TPSA) is 98.7 Å². The summed E-state index contributed by atoms with van der Waals surface area (Å²) in [6.07, 6.45) is 1.08. The minimum Gasteiger partial charge on any atom is -0.395 e. The highest BCUT2D eigenvalue weighted by atomic mass is 35.5. The lowest BCUT2D eigenvalue weighted by molar-refractivity contribution is -0.137. The number of carbonyl (C=O) groups excluding carboxylic acids is 3. The largest absolute Gasteiger partial charge is 0.395 e. The van der Waals surface area contributed by atoms with Crippen LogP contribution in [0.4, 0.5) is 15.8 Å². The van der Waals surface area contributed by atoms with Crippen LogP contribution in [0.1, 0.15) is 10.4 Å². The number of anilines is 2. The molecule has 9 heteroatoms. The highest BCUT2D eigenvalue weighted by Gasteiger charge is 2.31. The summed E-state index contributed by atoms with van der Waals surface area (Å²) in [5.41, 5.74) is 0.534. The summed E-state index contributed by atoms with van der Waals surface area (Å²) < 4.78 is 13.3. The Balaban J connectivity index is 1.85. The Morgan fingerprint density at radius 2 is 1.96 bits per heavy atom. The minimum atomic E-state index is -0.620. The maximum Gasteiger partial charge on any atom is 0.277 e. The van der Waals surface area contributed by atoms with E-state index in [9.17, 15) is 18.8 Å². The van der Waals surface area contributed by atoms with E-state index < -0.39 is 23.5 Å². The second-order valence-corrected chi connectivity index (χ2v) is 6.29. The summed E-state index contributed by atoms with van der Waals surface area (Å²) in [6, 6.07) is 9.75. The molecule has 0 aromatic heterocycles. The van der Waals surface area contributed by atoms with Gasteiger partial charge in [-0.15, -0.1) is 0 Å². The van der Waals surface area contributed by atoms with Crippen molar-refractivity contribution in [3.8, 4) is 0 Å². The van der Waals surface area contributed by atoms with Crippen LogP contribution < -0.4 is 10.6 Å². The molecule has 0 unspecified atom stereocenters. The van der Waals surface area contributed by atoms with Crippen molar-refractivity contribution in [2.45, 2.75) is 0 Å². The van der Waals surface area contributed by atoms with Gasteiger partial charge in [-0.25, -0.2) is 4.39 Å². The second kappa shape index (κ2) is 8.20. The highest BCUT2D eigenvalue weighted by Crippen LogP contribution is 2.25. The zero-order chi connectivity index (χ0) is 20.3. The summed E-state index contributed by atoms with van der Waals surface area (Å²) in [5, 5.41) is 14.5. The average molecular weight is 404 g/mol. The van der Waals surface area contributed by atoms with Crippen LogP contribution in [0.25, 0.3) is 0 Å². The van der Waals surface area contributed by atoms with Gasteiger partial charge in [0.25, 0.3) is 17.7 Å². The fourth-order valence-electron chi connectivity index (χ4n) is 2.63. The molecule has 0 atom stereocenters. The van der Waals surface area contributed by atoms with E-state index in [2.05, 4.69) is 10.6 Å². The summed E-state index contributed by atoms with van der Waals surface area (Å²) in [4.78, 5) is 37.7.